The summed E-state index contributed by atoms with van der Waals surface area (Å²) < 4.78 is 0. The van der Waals surface area contributed by atoms with Crippen LogP contribution >= 0.6 is 0 Å². The van der Waals surface area contributed by atoms with E-state index in [9.17, 15) is 4.79 Å². The summed E-state index contributed by atoms with van der Waals surface area (Å²) in [4.78, 5) is 19.7. The van der Waals surface area contributed by atoms with Gasteiger partial charge in [0.2, 0.25) is 5.91 Å². The van der Waals surface area contributed by atoms with E-state index in [0.29, 0.717) is 11.6 Å². The van der Waals surface area contributed by atoms with Gasteiger partial charge in [0, 0.05) is 11.1 Å². The number of amides is 1. The molecule has 1 amide bonds. The van der Waals surface area contributed by atoms with E-state index in [2.05, 4.69) is 26.0 Å². The van der Waals surface area contributed by atoms with Crippen molar-refractivity contribution in [3.8, 4) is 0 Å². The number of hydrogen-bond acceptors (Lipinski definition) is 6. The third kappa shape index (κ3) is 4.17. The number of hydrogen-bond donors (Lipinski definition) is 4. The molecule has 0 aliphatic carbocycles. The van der Waals surface area contributed by atoms with Crippen LogP contribution in [0.3, 0.4) is 0 Å². The lowest BCUT2D eigenvalue weighted by Gasteiger charge is -2.20. The summed E-state index contributed by atoms with van der Waals surface area (Å²) in [6, 6.07) is 0. The molecule has 0 unspecified atom stereocenters. The van der Waals surface area contributed by atoms with Crippen molar-refractivity contribution >= 4 is 17.5 Å². The van der Waals surface area contributed by atoms with Crippen molar-refractivity contribution in [3.05, 3.63) is 11.9 Å². The summed E-state index contributed by atoms with van der Waals surface area (Å²) in [6.45, 7) is 7.75. The predicted octanol–water partition coefficient (Wildman–Crippen LogP) is 0.397. The Hall–Kier alpha value is -1.89. The summed E-state index contributed by atoms with van der Waals surface area (Å²) >= 11 is 0. The zero-order valence-corrected chi connectivity index (χ0v) is 11.2. The minimum atomic E-state index is -0.247. The maximum Gasteiger partial charge on any atom is 0.239 e. The van der Waals surface area contributed by atoms with Gasteiger partial charge in [0.15, 0.2) is 0 Å². The summed E-state index contributed by atoms with van der Waals surface area (Å²) in [6.07, 6.45) is 1.38. The molecule has 0 radical (unpaired) electrons. The second-order valence-corrected chi connectivity index (χ2v) is 4.99. The summed E-state index contributed by atoms with van der Waals surface area (Å²) in [5, 5.41) is 5.80. The molecule has 0 aliphatic rings. The average molecular weight is 252 g/mol. The van der Waals surface area contributed by atoms with Crippen molar-refractivity contribution in [2.45, 2.75) is 33.2 Å². The quantitative estimate of drug-likeness (QED) is 0.456. The molecule has 1 aromatic rings. The highest BCUT2D eigenvalue weighted by Crippen LogP contribution is 2.16. The first-order chi connectivity index (χ1) is 8.33. The molecule has 7 heteroatoms. The van der Waals surface area contributed by atoms with Crippen molar-refractivity contribution in [1.82, 2.24) is 15.3 Å². The Balaban J connectivity index is 2.61. The molecule has 18 heavy (non-hydrogen) atoms. The maximum absolute atomic E-state index is 11.6. The fraction of sp³-hybridized carbons (Fsp3) is 0.545. The molecule has 0 saturated heterocycles. The van der Waals surface area contributed by atoms with Gasteiger partial charge in [-0.05, 0) is 27.7 Å². The summed E-state index contributed by atoms with van der Waals surface area (Å²) in [5.74, 6) is 6.33. The highest BCUT2D eigenvalue weighted by Gasteiger charge is 2.14. The maximum atomic E-state index is 11.6. The first-order valence-corrected chi connectivity index (χ1v) is 5.66. The number of anilines is 2. The number of nitrogens with two attached hydrogens (primary N) is 1. The van der Waals surface area contributed by atoms with Gasteiger partial charge in [-0.3, -0.25) is 4.79 Å². The Kier molecular flexibility index (Phi) is 4.43. The molecule has 0 atom stereocenters. The lowest BCUT2D eigenvalue weighted by molar-refractivity contribution is -0.120. The fourth-order valence-corrected chi connectivity index (χ4v) is 1.40. The minimum Gasteiger partial charge on any atom is -0.361 e. The van der Waals surface area contributed by atoms with Crippen LogP contribution in [0.15, 0.2) is 6.33 Å². The van der Waals surface area contributed by atoms with Gasteiger partial charge in [-0.25, -0.2) is 15.8 Å². The predicted molar refractivity (Wildman–Crippen MR) is 71.0 cm³/mol. The van der Waals surface area contributed by atoms with Gasteiger partial charge in [0.05, 0.1) is 6.54 Å². The van der Waals surface area contributed by atoms with Gasteiger partial charge in [0.1, 0.15) is 18.0 Å². The first-order valence-electron chi connectivity index (χ1n) is 5.66. The van der Waals surface area contributed by atoms with E-state index >= 15 is 0 Å². The molecular weight excluding hydrogens is 232 g/mol. The number of carbonyl (C=O) groups excluding carboxylic acids is 1. The highest BCUT2D eigenvalue weighted by atomic mass is 16.2. The van der Waals surface area contributed by atoms with Crippen LogP contribution in [-0.2, 0) is 4.79 Å². The van der Waals surface area contributed by atoms with Crippen molar-refractivity contribution < 1.29 is 4.79 Å². The number of nitrogens with one attached hydrogen (secondary N) is 3. The van der Waals surface area contributed by atoms with Crippen LogP contribution < -0.4 is 21.9 Å². The van der Waals surface area contributed by atoms with Crippen molar-refractivity contribution in [2.75, 3.05) is 17.3 Å². The first kappa shape index (κ1) is 14.2. The molecule has 1 rings (SSSR count). The Labute approximate surface area is 107 Å². The van der Waals surface area contributed by atoms with Gasteiger partial charge in [0.25, 0.3) is 0 Å². The molecule has 0 spiro atoms. The summed E-state index contributed by atoms with van der Waals surface area (Å²) in [7, 11) is 0. The van der Waals surface area contributed by atoms with Crippen LogP contribution in [0.25, 0.3) is 0 Å². The van der Waals surface area contributed by atoms with Gasteiger partial charge in [-0.15, -0.1) is 0 Å². The summed E-state index contributed by atoms with van der Waals surface area (Å²) in [5.41, 5.74) is 2.99. The SMILES string of the molecule is Cc1c(NN)ncnc1NCC(=O)NC(C)(C)C. The van der Waals surface area contributed by atoms with Crippen LogP contribution in [0.1, 0.15) is 26.3 Å². The molecule has 1 aromatic heterocycles. The van der Waals surface area contributed by atoms with E-state index < -0.39 is 0 Å². The Morgan fingerprint density at radius 3 is 2.50 bits per heavy atom. The van der Waals surface area contributed by atoms with Gasteiger partial charge < -0.3 is 16.1 Å². The standard InChI is InChI=1S/C11H20N6O/c1-7-9(14-6-15-10(7)17-12)13-5-8(18)16-11(2,3)4/h6H,5,12H2,1-4H3,(H,16,18)(H2,13,14,15,17). The largest absolute Gasteiger partial charge is 0.361 e. The number of aromatic nitrogens is 2. The molecule has 7 nitrogen and oxygen atoms in total. The molecular formula is C11H20N6O. The molecule has 0 aliphatic heterocycles. The van der Waals surface area contributed by atoms with Crippen LogP contribution in [0.4, 0.5) is 11.6 Å². The second kappa shape index (κ2) is 5.63. The normalized spacial score (nSPS) is 10.9. The zero-order chi connectivity index (χ0) is 13.8. The number of nitrogens with zero attached hydrogens (tertiary/aromatic N) is 2. The van der Waals surface area contributed by atoms with E-state index in [1.54, 1.807) is 0 Å². The Bertz CT molecular complexity index is 426. The molecule has 0 saturated carbocycles. The van der Waals surface area contributed by atoms with E-state index in [-0.39, 0.29) is 18.0 Å². The zero-order valence-electron chi connectivity index (χ0n) is 11.2. The molecule has 5 N–H and O–H groups in total. The second-order valence-electron chi connectivity index (χ2n) is 4.99. The monoisotopic (exact) mass is 252 g/mol. The Morgan fingerprint density at radius 2 is 1.94 bits per heavy atom. The average Bonchev–Trinajstić information content (AvgIpc) is 2.25. The van der Waals surface area contributed by atoms with Gasteiger partial charge >= 0.3 is 0 Å². The van der Waals surface area contributed by atoms with Crippen LogP contribution in [0.5, 0.6) is 0 Å². The lowest BCUT2D eigenvalue weighted by Crippen LogP contribution is -2.43. The van der Waals surface area contributed by atoms with Gasteiger partial charge in [-0.1, -0.05) is 0 Å². The lowest BCUT2D eigenvalue weighted by atomic mass is 10.1. The van der Waals surface area contributed by atoms with Crippen LogP contribution in [-0.4, -0.2) is 28.0 Å². The third-order valence-electron chi connectivity index (χ3n) is 2.15. The number of hydrazine groups is 1. The van der Waals surface area contributed by atoms with E-state index in [0.717, 1.165) is 5.56 Å². The molecule has 100 valence electrons. The number of carbonyl (C=O) groups is 1. The number of rotatable bonds is 4. The highest BCUT2D eigenvalue weighted by molar-refractivity contribution is 5.81. The van der Waals surface area contributed by atoms with Gasteiger partial charge in [-0.2, -0.15) is 0 Å². The minimum absolute atomic E-state index is 0.0947. The van der Waals surface area contributed by atoms with E-state index in [1.807, 2.05) is 27.7 Å². The topological polar surface area (TPSA) is 105 Å². The fourth-order valence-electron chi connectivity index (χ4n) is 1.40. The van der Waals surface area contributed by atoms with Crippen molar-refractivity contribution in [1.29, 1.82) is 0 Å². The molecule has 0 aromatic carbocycles. The van der Waals surface area contributed by atoms with Crippen LogP contribution in [0, 0.1) is 6.92 Å². The smallest absolute Gasteiger partial charge is 0.239 e. The van der Waals surface area contributed by atoms with Crippen molar-refractivity contribution in [3.63, 3.8) is 0 Å². The third-order valence-corrected chi connectivity index (χ3v) is 2.15. The van der Waals surface area contributed by atoms with E-state index in [4.69, 9.17) is 5.84 Å². The molecule has 0 bridgehead atoms. The number of nitrogen functional groups attached to an aromatic ring is 1. The Morgan fingerprint density at radius 1 is 1.33 bits per heavy atom. The van der Waals surface area contributed by atoms with Crippen molar-refractivity contribution in [2.24, 2.45) is 5.84 Å². The van der Waals surface area contributed by atoms with Crippen LogP contribution in [0.2, 0.25) is 0 Å². The van der Waals surface area contributed by atoms with E-state index in [1.165, 1.54) is 6.33 Å². The molecule has 1 heterocycles. The molecule has 0 fully saturated rings.